The van der Waals surface area contributed by atoms with Crippen LogP contribution < -0.4 is 0 Å². The highest BCUT2D eigenvalue weighted by atomic mass is 28.3. The zero-order valence-corrected chi connectivity index (χ0v) is 19.2. The topological polar surface area (TPSA) is 27.7 Å². The van der Waals surface area contributed by atoms with Gasteiger partial charge >= 0.3 is 9.28 Å². The molecule has 4 aliphatic carbocycles. The summed E-state index contributed by atoms with van der Waals surface area (Å²) in [4.78, 5) is 0. The summed E-state index contributed by atoms with van der Waals surface area (Å²) in [5.41, 5.74) is 1.39. The summed E-state index contributed by atoms with van der Waals surface area (Å²) in [7, 11) is -0.0320. The number of rotatable bonds is 6. The van der Waals surface area contributed by atoms with Crippen molar-refractivity contribution in [2.24, 2.45) is 33.5 Å². The molecule has 150 valence electrons. The predicted molar refractivity (Wildman–Crippen MR) is 107 cm³/mol. The maximum atomic E-state index is 6.80. The number of ether oxygens (including phenoxy) is 1. The molecule has 0 aromatic carbocycles. The molecule has 6 atom stereocenters. The Morgan fingerprint density at radius 3 is 1.46 bits per heavy atom. The number of methoxy groups -OCH3 is 1. The fraction of sp³-hybridized carbons (Fsp3) is 1.00. The summed E-state index contributed by atoms with van der Waals surface area (Å²) >= 11 is 0. The Labute approximate surface area is 162 Å². The Hall–Kier alpha value is 0.0969. The maximum absolute atomic E-state index is 6.80. The molecular formula is C22H40O3Si. The third-order valence-corrected chi connectivity index (χ3v) is 12.2. The van der Waals surface area contributed by atoms with Gasteiger partial charge in [0.05, 0.1) is 18.4 Å². The van der Waals surface area contributed by atoms with Crippen molar-refractivity contribution in [3.05, 3.63) is 0 Å². The third-order valence-electron chi connectivity index (χ3n) is 10.4. The Bertz CT molecular complexity index is 516. The van der Waals surface area contributed by atoms with E-state index < -0.39 is 9.28 Å². The van der Waals surface area contributed by atoms with E-state index in [-0.39, 0.29) is 0 Å². The summed E-state index contributed by atoms with van der Waals surface area (Å²) in [6.07, 6.45) is 9.19. The van der Waals surface area contributed by atoms with Crippen LogP contribution in [-0.2, 0) is 13.6 Å². The van der Waals surface area contributed by atoms with Crippen molar-refractivity contribution < 1.29 is 13.6 Å². The van der Waals surface area contributed by atoms with Crippen molar-refractivity contribution in [1.82, 2.24) is 0 Å². The first kappa shape index (κ1) is 19.4. The van der Waals surface area contributed by atoms with E-state index in [1.165, 1.54) is 38.5 Å². The van der Waals surface area contributed by atoms with Gasteiger partial charge in [-0.05, 0) is 72.0 Å². The first-order valence-corrected chi connectivity index (χ1v) is 12.6. The van der Waals surface area contributed by atoms with Crippen molar-refractivity contribution in [3.8, 4) is 0 Å². The van der Waals surface area contributed by atoms with Gasteiger partial charge in [0.15, 0.2) is 0 Å². The molecule has 4 heteroatoms. The largest absolute Gasteiger partial charge is 0.392 e. The average molecular weight is 381 g/mol. The van der Waals surface area contributed by atoms with Crippen LogP contribution in [0.3, 0.4) is 0 Å². The van der Waals surface area contributed by atoms with Crippen LogP contribution >= 0.6 is 0 Å². The van der Waals surface area contributed by atoms with Crippen LogP contribution in [0.15, 0.2) is 0 Å². The smallest absolute Gasteiger partial charge is 0.348 e. The van der Waals surface area contributed by atoms with E-state index in [1.54, 1.807) is 7.11 Å². The minimum absolute atomic E-state index is 0.303. The molecule has 0 aromatic heterocycles. The Kier molecular flexibility index (Phi) is 4.51. The average Bonchev–Trinajstić information content (AvgIpc) is 3.07. The zero-order chi connectivity index (χ0) is 19.0. The van der Waals surface area contributed by atoms with Gasteiger partial charge in [-0.1, -0.05) is 41.5 Å². The lowest BCUT2D eigenvalue weighted by Gasteiger charge is -2.42. The summed E-state index contributed by atoms with van der Waals surface area (Å²) < 4.78 is 19.2. The van der Waals surface area contributed by atoms with Crippen molar-refractivity contribution in [2.75, 3.05) is 13.3 Å². The van der Waals surface area contributed by atoms with Crippen LogP contribution in [0.25, 0.3) is 0 Å². The van der Waals surface area contributed by atoms with Gasteiger partial charge < -0.3 is 13.6 Å². The van der Waals surface area contributed by atoms with Crippen LogP contribution in [0, 0.1) is 33.5 Å². The summed E-state index contributed by atoms with van der Waals surface area (Å²) in [5.74, 6) is 1.63. The van der Waals surface area contributed by atoms with Gasteiger partial charge in [0.1, 0.15) is 0 Å². The van der Waals surface area contributed by atoms with Gasteiger partial charge in [0.25, 0.3) is 0 Å². The monoisotopic (exact) mass is 380 g/mol. The van der Waals surface area contributed by atoms with E-state index in [4.69, 9.17) is 13.6 Å². The molecule has 0 saturated heterocycles. The lowest BCUT2D eigenvalue weighted by atomic mass is 9.70. The number of hydrogen-bond donors (Lipinski definition) is 0. The van der Waals surface area contributed by atoms with Gasteiger partial charge in [-0.3, -0.25) is 0 Å². The van der Waals surface area contributed by atoms with Gasteiger partial charge in [0, 0.05) is 7.11 Å². The summed E-state index contributed by atoms with van der Waals surface area (Å²) in [6, 6.07) is 0. The molecule has 6 unspecified atom stereocenters. The molecule has 4 bridgehead atoms. The Balaban J connectivity index is 1.47. The molecule has 4 aliphatic rings. The molecule has 26 heavy (non-hydrogen) atoms. The molecule has 0 spiro atoms. The number of fused-ring (bicyclic) bond motifs is 4. The molecule has 0 aliphatic heterocycles. The SMILES string of the molecule is COC[SiH](OC1CC2CCC1(C)C2(C)C)OC1CC2CCC1(C)C2(C)C. The highest BCUT2D eigenvalue weighted by molar-refractivity contribution is 6.44. The van der Waals surface area contributed by atoms with Crippen LogP contribution in [0.4, 0.5) is 0 Å². The molecular weight excluding hydrogens is 340 g/mol. The second-order valence-electron chi connectivity index (χ2n) is 11.4. The van der Waals surface area contributed by atoms with E-state index in [0.29, 0.717) is 40.1 Å². The summed E-state index contributed by atoms with van der Waals surface area (Å²) in [6.45, 7) is 14.8. The second-order valence-corrected chi connectivity index (χ2v) is 13.1. The van der Waals surface area contributed by atoms with E-state index in [2.05, 4.69) is 41.5 Å². The molecule has 0 heterocycles. The van der Waals surface area contributed by atoms with Crippen LogP contribution in [0.5, 0.6) is 0 Å². The highest BCUT2D eigenvalue weighted by Crippen LogP contribution is 2.67. The molecule has 4 saturated carbocycles. The third kappa shape index (κ3) is 2.41. The van der Waals surface area contributed by atoms with Crippen molar-refractivity contribution in [3.63, 3.8) is 0 Å². The molecule has 0 N–H and O–H groups in total. The van der Waals surface area contributed by atoms with Crippen LogP contribution in [0.2, 0.25) is 0 Å². The second kappa shape index (κ2) is 6.05. The molecule has 0 aromatic rings. The van der Waals surface area contributed by atoms with Crippen molar-refractivity contribution >= 4 is 9.28 Å². The van der Waals surface area contributed by atoms with Crippen LogP contribution in [-0.4, -0.2) is 34.8 Å². The van der Waals surface area contributed by atoms with Gasteiger partial charge in [-0.25, -0.2) is 0 Å². The highest BCUT2D eigenvalue weighted by Gasteiger charge is 2.64. The standard InChI is InChI=1S/C22H40O3Si/c1-19(2)15-8-10-21(19,5)17(12-15)24-26(14-23-7)25-18-13-16-9-11-22(18,6)20(16,3)4/h15-18,26H,8-14H2,1-7H3. The van der Waals surface area contributed by atoms with E-state index in [0.717, 1.165) is 11.8 Å². The van der Waals surface area contributed by atoms with Crippen molar-refractivity contribution in [2.45, 2.75) is 92.3 Å². The first-order valence-electron chi connectivity index (χ1n) is 10.9. The molecule has 4 fully saturated rings. The van der Waals surface area contributed by atoms with Crippen molar-refractivity contribution in [1.29, 1.82) is 0 Å². The minimum Gasteiger partial charge on any atom is -0.392 e. The first-order chi connectivity index (χ1) is 12.1. The fourth-order valence-corrected chi connectivity index (χ4v) is 9.33. The van der Waals surface area contributed by atoms with E-state index in [9.17, 15) is 0 Å². The Morgan fingerprint density at radius 1 is 0.769 bits per heavy atom. The minimum atomic E-state index is -1.83. The quantitative estimate of drug-likeness (QED) is 0.616. The van der Waals surface area contributed by atoms with Crippen LogP contribution in [0.1, 0.15) is 80.1 Å². The Morgan fingerprint density at radius 2 is 1.19 bits per heavy atom. The summed E-state index contributed by atoms with van der Waals surface area (Å²) in [5, 5.41) is 0. The maximum Gasteiger partial charge on any atom is 0.348 e. The van der Waals surface area contributed by atoms with E-state index >= 15 is 0 Å². The predicted octanol–water partition coefficient (Wildman–Crippen LogP) is 4.86. The normalized spacial score (nSPS) is 49.0. The fourth-order valence-electron chi connectivity index (χ4n) is 7.29. The van der Waals surface area contributed by atoms with E-state index in [1.807, 2.05) is 0 Å². The molecule has 0 radical (unpaired) electrons. The molecule has 0 amide bonds. The molecule has 4 rings (SSSR count). The lowest BCUT2D eigenvalue weighted by molar-refractivity contribution is -0.0315. The zero-order valence-electron chi connectivity index (χ0n) is 18.1. The molecule has 3 nitrogen and oxygen atoms in total. The number of hydrogen-bond acceptors (Lipinski definition) is 3. The van der Waals surface area contributed by atoms with Gasteiger partial charge in [-0.2, -0.15) is 0 Å². The van der Waals surface area contributed by atoms with Gasteiger partial charge in [0.2, 0.25) is 0 Å². The van der Waals surface area contributed by atoms with Gasteiger partial charge in [-0.15, -0.1) is 0 Å². The lowest BCUT2D eigenvalue weighted by Crippen LogP contribution is -2.47.